The molecule has 2 aromatic rings. The quantitative estimate of drug-likeness (QED) is 0.901. The van der Waals surface area contributed by atoms with E-state index in [-0.39, 0.29) is 0 Å². The third kappa shape index (κ3) is 2.46. The van der Waals surface area contributed by atoms with Gasteiger partial charge in [-0.25, -0.2) is 4.68 Å². The molecular weight excluding hydrogens is 252 g/mol. The van der Waals surface area contributed by atoms with Crippen molar-refractivity contribution in [3.8, 4) is 5.69 Å². The van der Waals surface area contributed by atoms with Crippen molar-refractivity contribution >= 4 is 0 Å². The van der Waals surface area contributed by atoms with E-state index in [1.54, 1.807) is 10.9 Å². The summed E-state index contributed by atoms with van der Waals surface area (Å²) in [7, 11) is 2.10. The Balaban J connectivity index is 1.96. The zero-order chi connectivity index (χ0) is 14.0. The second kappa shape index (κ2) is 5.34. The van der Waals surface area contributed by atoms with Crippen LogP contribution in [0.4, 0.5) is 0 Å². The Morgan fingerprint density at radius 1 is 1.15 bits per heavy atom. The fraction of sp³-hybridized carbons (Fsp3) is 0.467. The molecule has 1 N–H and O–H groups in total. The van der Waals surface area contributed by atoms with Gasteiger partial charge in [0.05, 0.1) is 17.6 Å². The lowest BCUT2D eigenvalue weighted by Crippen LogP contribution is -2.30. The Morgan fingerprint density at radius 3 is 2.75 bits per heavy atom. The topological polar surface area (TPSA) is 54.2 Å². The van der Waals surface area contributed by atoms with Crippen LogP contribution in [0.1, 0.15) is 25.0 Å². The summed E-state index contributed by atoms with van der Waals surface area (Å²) in [5, 5.41) is 19.2. The minimum Gasteiger partial charge on any atom is -0.383 e. The van der Waals surface area contributed by atoms with Crippen molar-refractivity contribution in [2.24, 2.45) is 0 Å². The molecule has 0 radical (unpaired) electrons. The van der Waals surface area contributed by atoms with E-state index in [9.17, 15) is 5.11 Å². The molecule has 0 bridgehead atoms. The fourth-order valence-electron chi connectivity index (χ4n) is 2.82. The molecule has 1 saturated heterocycles. The molecule has 1 aliphatic heterocycles. The summed E-state index contributed by atoms with van der Waals surface area (Å²) in [5.41, 5.74) is 0.884. The van der Waals surface area contributed by atoms with Crippen LogP contribution in [-0.2, 0) is 5.60 Å². The van der Waals surface area contributed by atoms with Crippen molar-refractivity contribution in [3.05, 3.63) is 42.2 Å². The van der Waals surface area contributed by atoms with Crippen molar-refractivity contribution in [3.63, 3.8) is 0 Å². The highest BCUT2D eigenvalue weighted by atomic mass is 16.3. The minimum absolute atomic E-state index is 0.712. The van der Waals surface area contributed by atoms with Gasteiger partial charge in [0.2, 0.25) is 0 Å². The molecule has 1 atom stereocenters. The largest absolute Gasteiger partial charge is 0.383 e. The van der Waals surface area contributed by atoms with Crippen LogP contribution in [0.3, 0.4) is 0 Å². The van der Waals surface area contributed by atoms with Crippen LogP contribution in [0.15, 0.2) is 36.5 Å². The Labute approximate surface area is 118 Å². The first-order valence-electron chi connectivity index (χ1n) is 7.07. The molecule has 20 heavy (non-hydrogen) atoms. The molecule has 1 aromatic heterocycles. The Hall–Kier alpha value is -1.72. The Bertz CT molecular complexity index is 568. The van der Waals surface area contributed by atoms with E-state index in [0.29, 0.717) is 6.42 Å². The third-order valence-electron chi connectivity index (χ3n) is 4.06. The molecule has 0 spiro atoms. The van der Waals surface area contributed by atoms with E-state index in [4.69, 9.17) is 0 Å². The molecule has 5 nitrogen and oxygen atoms in total. The highest BCUT2D eigenvalue weighted by Gasteiger charge is 2.35. The van der Waals surface area contributed by atoms with Gasteiger partial charge in [-0.2, -0.15) is 0 Å². The van der Waals surface area contributed by atoms with Crippen LogP contribution in [0.2, 0.25) is 0 Å². The predicted octanol–water partition coefficient (Wildman–Crippen LogP) is 1.57. The third-order valence-corrected chi connectivity index (χ3v) is 4.06. The van der Waals surface area contributed by atoms with E-state index in [1.165, 1.54) is 0 Å². The summed E-state index contributed by atoms with van der Waals surface area (Å²) in [5.74, 6) is 0. The van der Waals surface area contributed by atoms with Crippen LogP contribution >= 0.6 is 0 Å². The first kappa shape index (κ1) is 13.3. The number of aromatic nitrogens is 3. The fourth-order valence-corrected chi connectivity index (χ4v) is 2.82. The maximum Gasteiger partial charge on any atom is 0.110 e. The zero-order valence-electron chi connectivity index (χ0n) is 11.7. The molecule has 2 heterocycles. The minimum atomic E-state index is -0.843. The van der Waals surface area contributed by atoms with Gasteiger partial charge in [-0.3, -0.25) is 0 Å². The first-order valence-corrected chi connectivity index (χ1v) is 7.07. The van der Waals surface area contributed by atoms with Crippen LogP contribution in [-0.4, -0.2) is 45.1 Å². The van der Waals surface area contributed by atoms with Crippen LogP contribution < -0.4 is 0 Å². The number of rotatable bonds is 2. The van der Waals surface area contributed by atoms with Crippen molar-refractivity contribution < 1.29 is 5.11 Å². The lowest BCUT2D eigenvalue weighted by atomic mass is 9.91. The smallest absolute Gasteiger partial charge is 0.110 e. The number of likely N-dealkylation sites (tertiary alicyclic amines) is 1. The summed E-state index contributed by atoms with van der Waals surface area (Å²) in [6.45, 7) is 1.91. The van der Waals surface area contributed by atoms with Gasteiger partial charge in [0.1, 0.15) is 5.60 Å². The molecule has 1 aromatic carbocycles. The number of hydrogen-bond donors (Lipinski definition) is 1. The molecule has 0 amide bonds. The number of nitrogens with zero attached hydrogens (tertiary/aromatic N) is 4. The van der Waals surface area contributed by atoms with E-state index in [0.717, 1.165) is 37.3 Å². The second-order valence-corrected chi connectivity index (χ2v) is 5.56. The maximum atomic E-state index is 11.0. The highest BCUT2D eigenvalue weighted by molar-refractivity contribution is 5.33. The van der Waals surface area contributed by atoms with Crippen LogP contribution in [0.25, 0.3) is 5.69 Å². The van der Waals surface area contributed by atoms with Crippen molar-refractivity contribution in [2.75, 3.05) is 20.1 Å². The average Bonchev–Trinajstić information content (AvgIpc) is 2.90. The second-order valence-electron chi connectivity index (χ2n) is 5.56. The zero-order valence-corrected chi connectivity index (χ0v) is 11.7. The summed E-state index contributed by atoms with van der Waals surface area (Å²) >= 11 is 0. The number of aliphatic hydroxyl groups is 1. The van der Waals surface area contributed by atoms with Gasteiger partial charge in [0.25, 0.3) is 0 Å². The lowest BCUT2D eigenvalue weighted by Gasteiger charge is -2.26. The van der Waals surface area contributed by atoms with Gasteiger partial charge in [0, 0.05) is 6.54 Å². The van der Waals surface area contributed by atoms with Gasteiger partial charge in [-0.1, -0.05) is 23.4 Å². The predicted molar refractivity (Wildman–Crippen MR) is 76.6 cm³/mol. The number of para-hydroxylation sites is 1. The molecule has 0 saturated carbocycles. The summed E-state index contributed by atoms with van der Waals surface area (Å²) < 4.78 is 1.76. The molecule has 5 heteroatoms. The van der Waals surface area contributed by atoms with Crippen LogP contribution in [0.5, 0.6) is 0 Å². The molecular formula is C15H20N4O. The molecule has 0 aliphatic carbocycles. The van der Waals surface area contributed by atoms with E-state index in [1.807, 2.05) is 30.3 Å². The summed E-state index contributed by atoms with van der Waals surface area (Å²) in [6.07, 6.45) is 4.13. The van der Waals surface area contributed by atoms with Crippen molar-refractivity contribution in [1.29, 1.82) is 0 Å². The average molecular weight is 272 g/mol. The van der Waals surface area contributed by atoms with Gasteiger partial charge >= 0.3 is 0 Å². The molecule has 3 rings (SSSR count). The van der Waals surface area contributed by atoms with Gasteiger partial charge in [-0.05, 0) is 45.0 Å². The molecule has 106 valence electrons. The Kier molecular flexibility index (Phi) is 3.54. The number of benzene rings is 1. The standard InChI is InChI=1S/C15H20N4O/c1-18-10-5-8-15(20,9-11-18)14-12-16-17-19(14)13-6-3-2-4-7-13/h2-4,6-7,12,20H,5,8-11H2,1H3. The van der Waals surface area contributed by atoms with Gasteiger partial charge < -0.3 is 10.0 Å². The van der Waals surface area contributed by atoms with E-state index >= 15 is 0 Å². The molecule has 1 unspecified atom stereocenters. The highest BCUT2D eigenvalue weighted by Crippen LogP contribution is 2.33. The number of hydrogen-bond acceptors (Lipinski definition) is 4. The monoisotopic (exact) mass is 272 g/mol. The first-order chi connectivity index (χ1) is 9.69. The summed E-state index contributed by atoms with van der Waals surface area (Å²) in [6, 6.07) is 9.85. The van der Waals surface area contributed by atoms with Gasteiger partial charge in [-0.15, -0.1) is 5.10 Å². The summed E-state index contributed by atoms with van der Waals surface area (Å²) in [4.78, 5) is 2.26. The normalized spacial score (nSPS) is 24.5. The SMILES string of the molecule is CN1CCCC(O)(c2cnnn2-c2ccccc2)CC1. The van der Waals surface area contributed by atoms with Crippen LogP contribution in [0, 0.1) is 0 Å². The Morgan fingerprint density at radius 2 is 1.95 bits per heavy atom. The van der Waals surface area contributed by atoms with Gasteiger partial charge in [0.15, 0.2) is 0 Å². The maximum absolute atomic E-state index is 11.0. The van der Waals surface area contributed by atoms with E-state index in [2.05, 4.69) is 22.3 Å². The molecule has 1 aliphatic rings. The molecule has 1 fully saturated rings. The lowest BCUT2D eigenvalue weighted by molar-refractivity contribution is 0.0152. The van der Waals surface area contributed by atoms with Crippen molar-refractivity contribution in [2.45, 2.75) is 24.9 Å². The van der Waals surface area contributed by atoms with Crippen molar-refractivity contribution in [1.82, 2.24) is 19.9 Å². The van der Waals surface area contributed by atoms with E-state index < -0.39 is 5.60 Å².